The van der Waals surface area contributed by atoms with Crippen LogP contribution in [0.3, 0.4) is 0 Å². The number of halogens is 2. The van der Waals surface area contributed by atoms with E-state index in [2.05, 4.69) is 94.0 Å². The van der Waals surface area contributed by atoms with E-state index in [4.69, 9.17) is 0 Å². The van der Waals surface area contributed by atoms with Gasteiger partial charge in [-0.3, -0.25) is 0 Å². The van der Waals surface area contributed by atoms with Crippen molar-refractivity contribution < 1.29 is 5.11 Å². The van der Waals surface area contributed by atoms with Gasteiger partial charge in [0.15, 0.2) is 0 Å². The van der Waals surface area contributed by atoms with E-state index >= 15 is 0 Å². The first-order chi connectivity index (χ1) is 14.3. The van der Waals surface area contributed by atoms with E-state index in [-0.39, 0.29) is 19.0 Å². The summed E-state index contributed by atoms with van der Waals surface area (Å²) in [5, 5.41) is 12.9. The van der Waals surface area contributed by atoms with E-state index in [9.17, 15) is 5.11 Å². The van der Waals surface area contributed by atoms with Crippen molar-refractivity contribution in [3.63, 3.8) is 0 Å². The third-order valence-electron chi connectivity index (χ3n) is 5.59. The zero-order valence-electron chi connectivity index (χ0n) is 16.9. The predicted molar refractivity (Wildman–Crippen MR) is 132 cm³/mol. The monoisotopic (exact) mass is 483 g/mol. The van der Waals surface area contributed by atoms with Gasteiger partial charge in [-0.2, -0.15) is 0 Å². The van der Waals surface area contributed by atoms with E-state index in [0.29, 0.717) is 5.92 Å². The zero-order valence-corrected chi connectivity index (χ0v) is 19.3. The van der Waals surface area contributed by atoms with Gasteiger partial charge < -0.3 is 10.4 Å². The van der Waals surface area contributed by atoms with E-state index < -0.39 is 0 Å². The van der Waals surface area contributed by atoms with E-state index in [0.717, 1.165) is 30.4 Å². The lowest BCUT2D eigenvalue weighted by atomic mass is 9.86. The SMILES string of the molecule is Cl.OCCC/C(=C(\c1ccc(Br)cc1)c1ccc(C2CNC2)cc1)c1ccccc1. The molecule has 0 radical (unpaired) electrons. The molecule has 30 heavy (non-hydrogen) atoms. The van der Waals surface area contributed by atoms with Crippen LogP contribution in [0.25, 0.3) is 11.1 Å². The quantitative estimate of drug-likeness (QED) is 0.386. The number of benzene rings is 3. The number of allylic oxidation sites excluding steroid dienone is 1. The van der Waals surface area contributed by atoms with Crippen LogP contribution in [0.5, 0.6) is 0 Å². The highest BCUT2D eigenvalue weighted by molar-refractivity contribution is 9.10. The summed E-state index contributed by atoms with van der Waals surface area (Å²) in [6.45, 7) is 2.33. The smallest absolute Gasteiger partial charge is 0.0434 e. The molecule has 0 aliphatic carbocycles. The molecule has 0 atom stereocenters. The Morgan fingerprint density at radius 2 is 1.43 bits per heavy atom. The average Bonchev–Trinajstić information content (AvgIpc) is 2.72. The van der Waals surface area contributed by atoms with Gasteiger partial charge in [-0.1, -0.05) is 82.7 Å². The molecule has 3 aromatic rings. The van der Waals surface area contributed by atoms with Gasteiger partial charge in [0.2, 0.25) is 0 Å². The first-order valence-corrected chi connectivity index (χ1v) is 11.0. The minimum absolute atomic E-state index is 0. The summed E-state index contributed by atoms with van der Waals surface area (Å²) in [6, 6.07) is 28.1. The lowest BCUT2D eigenvalue weighted by molar-refractivity contribution is 0.290. The van der Waals surface area contributed by atoms with Crippen molar-refractivity contribution in [3.05, 3.63) is 106 Å². The lowest BCUT2D eigenvalue weighted by Crippen LogP contribution is -2.39. The van der Waals surface area contributed by atoms with E-state index in [1.807, 2.05) is 6.07 Å². The summed E-state index contributed by atoms with van der Waals surface area (Å²) in [6.07, 6.45) is 1.58. The summed E-state index contributed by atoms with van der Waals surface area (Å²) in [7, 11) is 0. The fourth-order valence-corrected chi connectivity index (χ4v) is 4.15. The van der Waals surface area contributed by atoms with Gasteiger partial charge in [-0.05, 0) is 58.4 Å². The van der Waals surface area contributed by atoms with Crippen molar-refractivity contribution in [1.82, 2.24) is 5.32 Å². The van der Waals surface area contributed by atoms with Crippen LogP contribution in [0.15, 0.2) is 83.3 Å². The van der Waals surface area contributed by atoms with Crippen molar-refractivity contribution in [3.8, 4) is 0 Å². The fourth-order valence-electron chi connectivity index (χ4n) is 3.89. The summed E-state index contributed by atoms with van der Waals surface area (Å²) >= 11 is 3.56. The summed E-state index contributed by atoms with van der Waals surface area (Å²) < 4.78 is 1.07. The van der Waals surface area contributed by atoms with Crippen molar-refractivity contribution in [1.29, 1.82) is 0 Å². The van der Waals surface area contributed by atoms with Crippen LogP contribution in [0, 0.1) is 0 Å². The molecular weight excluding hydrogens is 458 g/mol. The summed E-state index contributed by atoms with van der Waals surface area (Å²) in [5.41, 5.74) is 7.56. The molecule has 1 heterocycles. The summed E-state index contributed by atoms with van der Waals surface area (Å²) in [5.74, 6) is 0.632. The zero-order chi connectivity index (χ0) is 20.1. The molecule has 2 N–H and O–H groups in total. The van der Waals surface area contributed by atoms with Crippen molar-refractivity contribution >= 4 is 39.5 Å². The largest absolute Gasteiger partial charge is 0.396 e. The minimum atomic E-state index is 0. The number of hydrogen-bond acceptors (Lipinski definition) is 2. The van der Waals surface area contributed by atoms with Gasteiger partial charge in [0, 0.05) is 30.1 Å². The molecule has 156 valence electrons. The van der Waals surface area contributed by atoms with Crippen LogP contribution >= 0.6 is 28.3 Å². The molecule has 3 aromatic carbocycles. The Bertz CT molecular complexity index is 964. The second-order valence-electron chi connectivity index (χ2n) is 7.53. The van der Waals surface area contributed by atoms with E-state index in [1.165, 1.54) is 33.4 Å². The van der Waals surface area contributed by atoms with E-state index in [1.54, 1.807) is 0 Å². The topological polar surface area (TPSA) is 32.3 Å². The van der Waals surface area contributed by atoms with Gasteiger partial charge in [0.05, 0.1) is 0 Å². The number of aliphatic hydroxyl groups excluding tert-OH is 1. The second kappa shape index (κ2) is 10.9. The normalized spacial score (nSPS) is 14.5. The molecule has 0 spiro atoms. The third kappa shape index (κ3) is 5.22. The Balaban J connectivity index is 0.00000256. The standard InChI is InChI=1S/C26H26BrNO.ClH/c27-24-14-12-22(13-15-24)26(21-10-8-19(9-11-21)23-17-28-18-23)25(7-4-16-29)20-5-2-1-3-6-20;/h1-3,5-6,8-15,23,28-29H,4,7,16-18H2;1H/b26-25+;. The second-order valence-corrected chi connectivity index (χ2v) is 8.45. The van der Waals surface area contributed by atoms with Crippen LogP contribution in [0.1, 0.15) is 41.0 Å². The van der Waals surface area contributed by atoms with Gasteiger partial charge >= 0.3 is 0 Å². The number of nitrogens with one attached hydrogen (secondary N) is 1. The van der Waals surface area contributed by atoms with Crippen molar-refractivity contribution in [2.24, 2.45) is 0 Å². The van der Waals surface area contributed by atoms with Crippen LogP contribution in [0.4, 0.5) is 0 Å². The number of hydrogen-bond donors (Lipinski definition) is 2. The Morgan fingerprint density at radius 1 is 0.833 bits per heavy atom. The maximum Gasteiger partial charge on any atom is 0.0434 e. The maximum atomic E-state index is 9.52. The Kier molecular flexibility index (Phi) is 8.29. The molecule has 4 rings (SSSR count). The lowest BCUT2D eigenvalue weighted by Gasteiger charge is -2.27. The molecule has 0 amide bonds. The highest BCUT2D eigenvalue weighted by Gasteiger charge is 2.19. The molecule has 1 aliphatic rings. The molecule has 1 fully saturated rings. The van der Waals surface area contributed by atoms with Gasteiger partial charge in [-0.15, -0.1) is 12.4 Å². The molecule has 1 aliphatic heterocycles. The fraction of sp³-hybridized carbons (Fsp3) is 0.231. The molecule has 2 nitrogen and oxygen atoms in total. The first-order valence-electron chi connectivity index (χ1n) is 10.2. The predicted octanol–water partition coefficient (Wildman–Crippen LogP) is 6.29. The Labute approximate surface area is 193 Å². The van der Waals surface area contributed by atoms with Crippen molar-refractivity contribution in [2.75, 3.05) is 19.7 Å². The Morgan fingerprint density at radius 3 is 1.97 bits per heavy atom. The van der Waals surface area contributed by atoms with Crippen LogP contribution < -0.4 is 5.32 Å². The molecule has 4 heteroatoms. The Hall–Kier alpha value is -1.91. The highest BCUT2D eigenvalue weighted by atomic mass is 79.9. The average molecular weight is 485 g/mol. The van der Waals surface area contributed by atoms with Gasteiger partial charge in [0.1, 0.15) is 0 Å². The molecule has 0 bridgehead atoms. The molecule has 0 aromatic heterocycles. The van der Waals surface area contributed by atoms with Gasteiger partial charge in [-0.25, -0.2) is 0 Å². The maximum absolute atomic E-state index is 9.52. The van der Waals surface area contributed by atoms with Crippen LogP contribution in [-0.2, 0) is 0 Å². The number of aliphatic hydroxyl groups is 1. The molecule has 0 unspecified atom stereocenters. The minimum Gasteiger partial charge on any atom is -0.396 e. The third-order valence-corrected chi connectivity index (χ3v) is 6.12. The molecular formula is C26H27BrClNO. The number of rotatable bonds is 7. The van der Waals surface area contributed by atoms with Crippen LogP contribution in [-0.4, -0.2) is 24.8 Å². The highest BCUT2D eigenvalue weighted by Crippen LogP contribution is 2.36. The molecule has 1 saturated heterocycles. The molecule has 0 saturated carbocycles. The van der Waals surface area contributed by atoms with Crippen molar-refractivity contribution in [2.45, 2.75) is 18.8 Å². The van der Waals surface area contributed by atoms with Crippen LogP contribution in [0.2, 0.25) is 0 Å². The first kappa shape index (κ1) is 22.8. The summed E-state index contributed by atoms with van der Waals surface area (Å²) in [4.78, 5) is 0. The van der Waals surface area contributed by atoms with Gasteiger partial charge in [0.25, 0.3) is 0 Å².